The number of nitrogens with zero attached hydrogens (tertiary/aromatic N) is 1. The molecule has 78 valence electrons. The third-order valence-electron chi connectivity index (χ3n) is 2.29. The molecule has 3 N–H and O–H groups in total. The summed E-state index contributed by atoms with van der Waals surface area (Å²) in [5.74, 6) is 0.965. The normalized spacial score (nSPS) is 14.7. The minimum absolute atomic E-state index is 0.0438. The van der Waals surface area contributed by atoms with Crippen molar-refractivity contribution >= 4 is 11.5 Å². The number of rotatable bonds is 1. The van der Waals surface area contributed by atoms with Crippen molar-refractivity contribution in [1.29, 1.82) is 0 Å². The molecule has 1 heterocycles. The molecule has 0 unspecified atom stereocenters. The summed E-state index contributed by atoms with van der Waals surface area (Å²) < 4.78 is 0. The SMILES string of the molecule is CNC1=NC(c2ccc(O)cc2O)=CC1. The van der Waals surface area contributed by atoms with Crippen LogP contribution in [-0.4, -0.2) is 23.1 Å². The third kappa shape index (κ3) is 1.79. The number of phenolic OH excluding ortho intramolecular Hbond substituents is 2. The van der Waals surface area contributed by atoms with Crippen molar-refractivity contribution in [3.05, 3.63) is 29.8 Å². The van der Waals surface area contributed by atoms with Gasteiger partial charge in [0.1, 0.15) is 17.3 Å². The average molecular weight is 204 g/mol. The number of nitrogens with one attached hydrogen (secondary N) is 1. The summed E-state index contributed by atoms with van der Waals surface area (Å²) in [6, 6.07) is 4.49. The lowest BCUT2D eigenvalue weighted by Gasteiger charge is -2.03. The molecule has 1 aromatic carbocycles. The molecular weight excluding hydrogens is 192 g/mol. The molecule has 4 heteroatoms. The highest BCUT2D eigenvalue weighted by atomic mass is 16.3. The van der Waals surface area contributed by atoms with E-state index in [9.17, 15) is 5.11 Å². The highest BCUT2D eigenvalue weighted by Crippen LogP contribution is 2.31. The van der Waals surface area contributed by atoms with E-state index in [0.717, 1.165) is 18.0 Å². The predicted molar refractivity (Wildman–Crippen MR) is 58.9 cm³/mol. The number of amidine groups is 1. The first-order valence-electron chi connectivity index (χ1n) is 4.68. The van der Waals surface area contributed by atoms with Gasteiger partial charge >= 0.3 is 0 Å². The van der Waals surface area contributed by atoms with Crippen molar-refractivity contribution in [3.8, 4) is 11.5 Å². The molecular formula is C11H12N2O2. The molecule has 0 spiro atoms. The minimum atomic E-state index is 0.0438. The number of hydrogen-bond acceptors (Lipinski definition) is 4. The molecule has 1 aromatic rings. The number of aromatic hydroxyl groups is 2. The lowest BCUT2D eigenvalue weighted by Crippen LogP contribution is -2.14. The summed E-state index contributed by atoms with van der Waals surface area (Å²) >= 11 is 0. The molecule has 1 aliphatic heterocycles. The molecule has 2 rings (SSSR count). The van der Waals surface area contributed by atoms with Crippen molar-refractivity contribution in [2.75, 3.05) is 7.05 Å². The molecule has 0 bridgehead atoms. The van der Waals surface area contributed by atoms with Crippen LogP contribution in [0.4, 0.5) is 0 Å². The number of aliphatic imine (C=N–C) groups is 1. The van der Waals surface area contributed by atoms with Crippen LogP contribution in [0.15, 0.2) is 29.3 Å². The zero-order valence-corrected chi connectivity index (χ0v) is 8.36. The fourth-order valence-electron chi connectivity index (χ4n) is 1.49. The van der Waals surface area contributed by atoms with Gasteiger partial charge in [-0.05, 0) is 12.1 Å². The van der Waals surface area contributed by atoms with E-state index in [2.05, 4.69) is 10.3 Å². The first-order valence-corrected chi connectivity index (χ1v) is 4.68. The fraction of sp³-hybridized carbons (Fsp3) is 0.182. The fourth-order valence-corrected chi connectivity index (χ4v) is 1.49. The Hall–Kier alpha value is -1.97. The summed E-state index contributed by atoms with van der Waals surface area (Å²) in [6.07, 6.45) is 2.67. The van der Waals surface area contributed by atoms with Crippen LogP contribution in [0.3, 0.4) is 0 Å². The van der Waals surface area contributed by atoms with Crippen molar-refractivity contribution in [1.82, 2.24) is 5.32 Å². The smallest absolute Gasteiger partial charge is 0.128 e. The standard InChI is InChI=1S/C11H12N2O2/c1-12-11-5-4-9(13-11)8-3-2-7(14)6-10(8)15/h2-4,6,14-15H,5H2,1H3,(H,12,13). The van der Waals surface area contributed by atoms with Gasteiger partial charge in [-0.1, -0.05) is 6.08 Å². The van der Waals surface area contributed by atoms with Gasteiger partial charge in [-0.3, -0.25) is 0 Å². The Kier molecular flexibility index (Phi) is 2.33. The maximum atomic E-state index is 9.62. The molecule has 0 amide bonds. The van der Waals surface area contributed by atoms with E-state index in [1.165, 1.54) is 12.1 Å². The van der Waals surface area contributed by atoms with Gasteiger partial charge in [-0.15, -0.1) is 0 Å². The average Bonchev–Trinajstić information content (AvgIpc) is 2.66. The third-order valence-corrected chi connectivity index (χ3v) is 2.29. The first-order chi connectivity index (χ1) is 7.20. The summed E-state index contributed by atoms with van der Waals surface area (Å²) in [4.78, 5) is 4.29. The van der Waals surface area contributed by atoms with Crippen LogP contribution >= 0.6 is 0 Å². The minimum Gasteiger partial charge on any atom is -0.508 e. The Labute approximate surface area is 87.6 Å². The monoisotopic (exact) mass is 204 g/mol. The van der Waals surface area contributed by atoms with E-state index >= 15 is 0 Å². The zero-order chi connectivity index (χ0) is 10.8. The molecule has 0 aliphatic carbocycles. The highest BCUT2D eigenvalue weighted by Gasteiger charge is 2.12. The zero-order valence-electron chi connectivity index (χ0n) is 8.36. The largest absolute Gasteiger partial charge is 0.508 e. The quantitative estimate of drug-likeness (QED) is 0.648. The number of benzene rings is 1. The number of phenols is 2. The van der Waals surface area contributed by atoms with Gasteiger partial charge in [-0.2, -0.15) is 0 Å². The Morgan fingerprint density at radius 3 is 2.73 bits per heavy atom. The van der Waals surface area contributed by atoms with E-state index in [0.29, 0.717) is 5.56 Å². The Balaban J connectivity index is 2.35. The van der Waals surface area contributed by atoms with Crippen molar-refractivity contribution in [2.24, 2.45) is 4.99 Å². The van der Waals surface area contributed by atoms with Crippen molar-refractivity contribution in [2.45, 2.75) is 6.42 Å². The van der Waals surface area contributed by atoms with Gasteiger partial charge in [0.2, 0.25) is 0 Å². The Morgan fingerprint density at radius 2 is 2.13 bits per heavy atom. The van der Waals surface area contributed by atoms with E-state index in [1.807, 2.05) is 13.1 Å². The Morgan fingerprint density at radius 1 is 1.33 bits per heavy atom. The van der Waals surface area contributed by atoms with E-state index < -0.39 is 0 Å². The number of hydrogen-bond donors (Lipinski definition) is 3. The topological polar surface area (TPSA) is 64.9 Å². The maximum absolute atomic E-state index is 9.62. The lowest BCUT2D eigenvalue weighted by molar-refractivity contribution is 0.449. The van der Waals surface area contributed by atoms with Gasteiger partial charge < -0.3 is 15.5 Å². The molecule has 1 aliphatic rings. The van der Waals surface area contributed by atoms with Crippen LogP contribution in [-0.2, 0) is 0 Å². The highest BCUT2D eigenvalue weighted by molar-refractivity contribution is 5.94. The summed E-state index contributed by atoms with van der Waals surface area (Å²) in [6.45, 7) is 0. The summed E-state index contributed by atoms with van der Waals surface area (Å²) in [7, 11) is 1.81. The van der Waals surface area contributed by atoms with Crippen LogP contribution in [0.25, 0.3) is 5.70 Å². The molecule has 0 aromatic heterocycles. The van der Waals surface area contributed by atoms with Crippen LogP contribution in [0.1, 0.15) is 12.0 Å². The van der Waals surface area contributed by atoms with E-state index in [1.54, 1.807) is 6.07 Å². The van der Waals surface area contributed by atoms with Crippen LogP contribution in [0.5, 0.6) is 11.5 Å². The van der Waals surface area contributed by atoms with Crippen LogP contribution in [0, 0.1) is 0 Å². The predicted octanol–water partition coefficient (Wildman–Crippen LogP) is 1.46. The van der Waals surface area contributed by atoms with E-state index in [4.69, 9.17) is 5.11 Å². The van der Waals surface area contributed by atoms with Crippen LogP contribution in [0.2, 0.25) is 0 Å². The molecule has 0 atom stereocenters. The maximum Gasteiger partial charge on any atom is 0.128 e. The van der Waals surface area contributed by atoms with Gasteiger partial charge in [-0.25, -0.2) is 4.99 Å². The Bertz CT molecular complexity index is 450. The van der Waals surface area contributed by atoms with Crippen LogP contribution < -0.4 is 5.32 Å². The van der Waals surface area contributed by atoms with Gasteiger partial charge in [0, 0.05) is 25.1 Å². The molecule has 15 heavy (non-hydrogen) atoms. The lowest BCUT2D eigenvalue weighted by atomic mass is 10.1. The second kappa shape index (κ2) is 3.65. The van der Waals surface area contributed by atoms with Gasteiger partial charge in [0.15, 0.2) is 0 Å². The molecule has 0 saturated heterocycles. The second-order valence-corrected chi connectivity index (χ2v) is 3.30. The van der Waals surface area contributed by atoms with Gasteiger partial charge in [0.25, 0.3) is 0 Å². The first kappa shape index (κ1) is 9.58. The molecule has 4 nitrogen and oxygen atoms in total. The van der Waals surface area contributed by atoms with Crippen molar-refractivity contribution in [3.63, 3.8) is 0 Å². The van der Waals surface area contributed by atoms with Crippen molar-refractivity contribution < 1.29 is 10.2 Å². The summed E-state index contributed by atoms with van der Waals surface area (Å²) in [5.41, 5.74) is 1.37. The molecule has 0 fully saturated rings. The molecule has 0 saturated carbocycles. The van der Waals surface area contributed by atoms with Gasteiger partial charge in [0.05, 0.1) is 5.70 Å². The second-order valence-electron chi connectivity index (χ2n) is 3.30. The summed E-state index contributed by atoms with van der Waals surface area (Å²) in [5, 5.41) is 21.7. The van der Waals surface area contributed by atoms with E-state index in [-0.39, 0.29) is 11.5 Å². The molecule has 0 radical (unpaired) electrons.